The number of hydrogen-bond acceptors (Lipinski definition) is 2. The fraction of sp³-hybridized carbons (Fsp3) is 0.571. The lowest BCUT2D eigenvalue weighted by atomic mass is 9.88. The molecule has 1 heterocycles. The van der Waals surface area contributed by atoms with Crippen molar-refractivity contribution in [2.75, 3.05) is 20.3 Å². The van der Waals surface area contributed by atoms with Gasteiger partial charge in [-0.2, -0.15) is 0 Å². The summed E-state index contributed by atoms with van der Waals surface area (Å²) in [5.41, 5.74) is 1.21. The molecular weight excluding hydrogens is 314 g/mol. The van der Waals surface area contributed by atoms with Crippen molar-refractivity contribution in [3.05, 3.63) is 33.3 Å². The van der Waals surface area contributed by atoms with Gasteiger partial charge in [-0.15, -0.1) is 0 Å². The smallest absolute Gasteiger partial charge is 0.0469 e. The van der Waals surface area contributed by atoms with Crippen molar-refractivity contribution in [2.24, 2.45) is 5.92 Å². The van der Waals surface area contributed by atoms with Gasteiger partial charge in [0, 0.05) is 28.8 Å². The quantitative estimate of drug-likeness (QED) is 0.908. The van der Waals surface area contributed by atoms with Crippen molar-refractivity contribution in [1.82, 2.24) is 5.32 Å². The monoisotopic (exact) mass is 331 g/mol. The molecule has 0 bridgehead atoms. The largest absolute Gasteiger partial charge is 0.381 e. The molecule has 1 N–H and O–H groups in total. The van der Waals surface area contributed by atoms with Crippen molar-refractivity contribution in [1.29, 1.82) is 0 Å². The standard InChI is InChI=1S/C14H19BrClNO/c1-17-14(10-4-6-18-7-5-10)8-11-2-3-12(15)9-13(11)16/h2-3,9-10,14,17H,4-8H2,1H3. The second kappa shape index (κ2) is 6.90. The second-order valence-corrected chi connectivity index (χ2v) is 6.11. The maximum Gasteiger partial charge on any atom is 0.0469 e. The molecule has 0 spiro atoms. The normalized spacial score (nSPS) is 18.8. The number of benzene rings is 1. The number of rotatable bonds is 4. The summed E-state index contributed by atoms with van der Waals surface area (Å²) in [7, 11) is 2.03. The highest BCUT2D eigenvalue weighted by molar-refractivity contribution is 9.10. The van der Waals surface area contributed by atoms with E-state index in [0.29, 0.717) is 12.0 Å². The Morgan fingerprint density at radius 3 is 2.78 bits per heavy atom. The molecule has 1 aliphatic rings. The first-order chi connectivity index (χ1) is 8.70. The molecule has 4 heteroatoms. The highest BCUT2D eigenvalue weighted by Crippen LogP contribution is 2.26. The molecule has 100 valence electrons. The summed E-state index contributed by atoms with van der Waals surface area (Å²) in [6.45, 7) is 1.77. The molecule has 2 rings (SSSR count). The van der Waals surface area contributed by atoms with Gasteiger partial charge < -0.3 is 10.1 Å². The minimum atomic E-state index is 0.479. The van der Waals surface area contributed by atoms with Gasteiger partial charge >= 0.3 is 0 Å². The number of nitrogens with one attached hydrogen (secondary N) is 1. The van der Waals surface area contributed by atoms with E-state index in [2.05, 4.69) is 33.4 Å². The Hall–Kier alpha value is -0.0900. The highest BCUT2D eigenvalue weighted by atomic mass is 79.9. The zero-order valence-electron chi connectivity index (χ0n) is 10.6. The third-order valence-electron chi connectivity index (χ3n) is 3.66. The van der Waals surface area contributed by atoms with Gasteiger partial charge in [-0.1, -0.05) is 33.6 Å². The van der Waals surface area contributed by atoms with Crippen LogP contribution in [0.5, 0.6) is 0 Å². The predicted octanol–water partition coefficient (Wildman–Crippen LogP) is 3.66. The fourth-order valence-electron chi connectivity index (χ4n) is 2.55. The van der Waals surface area contributed by atoms with Crippen LogP contribution in [0.2, 0.25) is 5.02 Å². The highest BCUT2D eigenvalue weighted by Gasteiger charge is 2.23. The minimum absolute atomic E-state index is 0.479. The molecule has 0 radical (unpaired) electrons. The summed E-state index contributed by atoms with van der Waals surface area (Å²) >= 11 is 9.73. The molecule has 1 aliphatic heterocycles. The van der Waals surface area contributed by atoms with Crippen LogP contribution in [0.4, 0.5) is 0 Å². The Labute approximate surface area is 122 Å². The Morgan fingerprint density at radius 2 is 2.17 bits per heavy atom. The first kappa shape index (κ1) is 14.3. The van der Waals surface area contributed by atoms with Crippen LogP contribution in [0, 0.1) is 5.92 Å². The molecule has 1 unspecified atom stereocenters. The van der Waals surface area contributed by atoms with Gasteiger partial charge in [0.15, 0.2) is 0 Å². The molecule has 2 nitrogen and oxygen atoms in total. The number of hydrogen-bond donors (Lipinski definition) is 1. The van der Waals surface area contributed by atoms with Crippen molar-refractivity contribution in [2.45, 2.75) is 25.3 Å². The summed E-state index contributed by atoms with van der Waals surface area (Å²) in [6.07, 6.45) is 3.26. The minimum Gasteiger partial charge on any atom is -0.381 e. The number of ether oxygens (including phenoxy) is 1. The van der Waals surface area contributed by atoms with E-state index >= 15 is 0 Å². The van der Waals surface area contributed by atoms with Gasteiger partial charge in [-0.25, -0.2) is 0 Å². The van der Waals surface area contributed by atoms with Crippen LogP contribution in [0.1, 0.15) is 18.4 Å². The molecule has 0 saturated carbocycles. The van der Waals surface area contributed by atoms with Gasteiger partial charge in [0.1, 0.15) is 0 Å². The predicted molar refractivity (Wildman–Crippen MR) is 79.2 cm³/mol. The first-order valence-electron chi connectivity index (χ1n) is 6.39. The van der Waals surface area contributed by atoms with E-state index in [1.54, 1.807) is 0 Å². The molecule has 18 heavy (non-hydrogen) atoms. The average molecular weight is 333 g/mol. The van der Waals surface area contributed by atoms with Crippen LogP contribution in [-0.2, 0) is 11.2 Å². The van der Waals surface area contributed by atoms with Gasteiger partial charge in [0.05, 0.1) is 0 Å². The Kier molecular flexibility index (Phi) is 5.49. The summed E-state index contributed by atoms with van der Waals surface area (Å²) in [6, 6.07) is 6.61. The fourth-order valence-corrected chi connectivity index (χ4v) is 3.30. The molecule has 1 atom stereocenters. The van der Waals surface area contributed by atoms with Crippen molar-refractivity contribution >= 4 is 27.5 Å². The zero-order chi connectivity index (χ0) is 13.0. The van der Waals surface area contributed by atoms with Gasteiger partial charge in [0.25, 0.3) is 0 Å². The Bertz CT molecular complexity index is 393. The molecular formula is C14H19BrClNO. The summed E-state index contributed by atoms with van der Waals surface area (Å²) < 4.78 is 6.45. The molecule has 0 aromatic heterocycles. The van der Waals surface area contributed by atoms with E-state index in [-0.39, 0.29) is 0 Å². The summed E-state index contributed by atoms with van der Waals surface area (Å²) in [5.74, 6) is 0.684. The van der Waals surface area contributed by atoms with E-state index in [0.717, 1.165) is 42.0 Å². The number of likely N-dealkylation sites (N-methyl/N-ethyl adjacent to an activating group) is 1. The SMILES string of the molecule is CNC(Cc1ccc(Br)cc1Cl)C1CCOCC1. The van der Waals surface area contributed by atoms with Crippen molar-refractivity contribution in [3.63, 3.8) is 0 Å². The maximum absolute atomic E-state index is 6.29. The average Bonchev–Trinajstić information content (AvgIpc) is 2.39. The van der Waals surface area contributed by atoms with E-state index in [9.17, 15) is 0 Å². The lowest BCUT2D eigenvalue weighted by Gasteiger charge is -2.30. The third-order valence-corrected chi connectivity index (χ3v) is 4.51. The van der Waals surface area contributed by atoms with Crippen LogP contribution in [0.25, 0.3) is 0 Å². The second-order valence-electron chi connectivity index (χ2n) is 4.78. The topological polar surface area (TPSA) is 21.3 Å². The van der Waals surface area contributed by atoms with Crippen LogP contribution in [-0.4, -0.2) is 26.3 Å². The molecule has 1 aromatic rings. The van der Waals surface area contributed by atoms with E-state index in [1.165, 1.54) is 5.56 Å². The Balaban J connectivity index is 2.04. The van der Waals surface area contributed by atoms with Crippen molar-refractivity contribution < 1.29 is 4.74 Å². The van der Waals surface area contributed by atoms with Gasteiger partial charge in [-0.05, 0) is 49.9 Å². The Morgan fingerprint density at radius 1 is 1.44 bits per heavy atom. The van der Waals surface area contributed by atoms with Crippen molar-refractivity contribution in [3.8, 4) is 0 Å². The summed E-state index contributed by atoms with van der Waals surface area (Å²) in [5, 5.41) is 4.28. The van der Waals surface area contributed by atoms with Crippen LogP contribution in [0.3, 0.4) is 0 Å². The molecule has 0 aliphatic carbocycles. The molecule has 1 aromatic carbocycles. The maximum atomic E-state index is 6.29. The lowest BCUT2D eigenvalue weighted by Crippen LogP contribution is -2.38. The molecule has 1 saturated heterocycles. The molecule has 1 fully saturated rings. The molecule has 0 amide bonds. The zero-order valence-corrected chi connectivity index (χ0v) is 12.9. The van der Waals surface area contributed by atoms with E-state index in [4.69, 9.17) is 16.3 Å². The van der Waals surface area contributed by atoms with E-state index < -0.39 is 0 Å². The van der Waals surface area contributed by atoms with Crippen LogP contribution in [0.15, 0.2) is 22.7 Å². The van der Waals surface area contributed by atoms with Crippen LogP contribution < -0.4 is 5.32 Å². The van der Waals surface area contributed by atoms with Gasteiger partial charge in [-0.3, -0.25) is 0 Å². The number of halogens is 2. The lowest BCUT2D eigenvalue weighted by molar-refractivity contribution is 0.0547. The first-order valence-corrected chi connectivity index (χ1v) is 7.56. The van der Waals surface area contributed by atoms with Crippen LogP contribution >= 0.6 is 27.5 Å². The summed E-state index contributed by atoms with van der Waals surface area (Å²) in [4.78, 5) is 0. The van der Waals surface area contributed by atoms with Gasteiger partial charge in [0.2, 0.25) is 0 Å². The van der Waals surface area contributed by atoms with E-state index in [1.807, 2.05) is 13.1 Å². The third kappa shape index (κ3) is 3.70.